The first-order valence-corrected chi connectivity index (χ1v) is 7.55. The van der Waals surface area contributed by atoms with Crippen LogP contribution in [0.1, 0.15) is 19.4 Å². The Morgan fingerprint density at radius 2 is 1.57 bits per heavy atom. The molecular weight excluding hydrogens is 343 g/mol. The zero-order valence-corrected chi connectivity index (χ0v) is 14.8. The van der Waals surface area contributed by atoms with Crippen molar-refractivity contribution in [1.29, 1.82) is 0 Å². The van der Waals surface area contributed by atoms with Crippen LogP contribution in [0.5, 0.6) is 5.75 Å². The molecule has 0 aromatic heterocycles. The van der Waals surface area contributed by atoms with Crippen LogP contribution in [-0.4, -0.2) is 32.8 Å². The van der Waals surface area contributed by atoms with Gasteiger partial charge in [-0.3, -0.25) is 0 Å². The van der Waals surface area contributed by atoms with Gasteiger partial charge in [0.1, 0.15) is 5.57 Å². The first-order chi connectivity index (χ1) is 10.8. The number of carbonyl (C=O) groups is 2. The molecule has 0 aliphatic heterocycles. The molecule has 0 atom stereocenters. The molecule has 0 saturated carbocycles. The molecule has 1 aromatic carbocycles. The lowest BCUT2D eigenvalue weighted by molar-refractivity contribution is -0.143. The predicted molar refractivity (Wildman–Crippen MR) is 88.8 cm³/mol. The van der Waals surface area contributed by atoms with Crippen LogP contribution in [0.2, 0.25) is 10.0 Å². The van der Waals surface area contributed by atoms with Crippen molar-refractivity contribution in [3.63, 3.8) is 0 Å². The van der Waals surface area contributed by atoms with Crippen LogP contribution in [0.15, 0.2) is 17.7 Å². The van der Waals surface area contributed by atoms with E-state index in [2.05, 4.69) is 9.47 Å². The number of hydrogen-bond donors (Lipinski definition) is 0. The van der Waals surface area contributed by atoms with E-state index in [4.69, 9.17) is 27.9 Å². The van der Waals surface area contributed by atoms with Crippen molar-refractivity contribution in [3.8, 4) is 5.75 Å². The molecule has 0 spiro atoms. The Bertz CT molecular complexity index is 582. The van der Waals surface area contributed by atoms with Crippen LogP contribution in [0, 0.1) is 5.92 Å². The van der Waals surface area contributed by atoms with Crippen molar-refractivity contribution in [1.82, 2.24) is 0 Å². The Morgan fingerprint density at radius 3 is 1.96 bits per heavy atom. The molecule has 1 aromatic rings. The predicted octanol–water partition coefficient (Wildman–Crippen LogP) is 3.76. The summed E-state index contributed by atoms with van der Waals surface area (Å²) in [5.41, 5.74) is 0.181. The minimum absolute atomic E-state index is 0.266. The molecule has 0 amide bonds. The molecule has 0 bridgehead atoms. The minimum Gasteiger partial charge on any atom is -0.490 e. The number of methoxy groups -OCH3 is 2. The maximum Gasteiger partial charge on any atom is 0.345 e. The van der Waals surface area contributed by atoms with Gasteiger partial charge in [0.05, 0.1) is 30.9 Å². The van der Waals surface area contributed by atoms with Crippen molar-refractivity contribution >= 4 is 41.2 Å². The van der Waals surface area contributed by atoms with Gasteiger partial charge in [0.25, 0.3) is 0 Å². The molecule has 0 N–H and O–H groups in total. The fourth-order valence-electron chi connectivity index (χ4n) is 1.64. The Morgan fingerprint density at radius 1 is 1.09 bits per heavy atom. The third-order valence-corrected chi connectivity index (χ3v) is 3.26. The topological polar surface area (TPSA) is 61.8 Å². The Kier molecular flexibility index (Phi) is 7.39. The molecule has 5 nitrogen and oxygen atoms in total. The second kappa shape index (κ2) is 8.79. The minimum atomic E-state index is -0.816. The van der Waals surface area contributed by atoms with E-state index in [0.29, 0.717) is 23.8 Å². The van der Waals surface area contributed by atoms with Gasteiger partial charge in [0, 0.05) is 0 Å². The van der Waals surface area contributed by atoms with E-state index in [1.54, 1.807) is 0 Å². The van der Waals surface area contributed by atoms with Gasteiger partial charge in [-0.05, 0) is 29.7 Å². The highest BCUT2D eigenvalue weighted by Gasteiger charge is 2.20. The van der Waals surface area contributed by atoms with Crippen LogP contribution >= 0.6 is 23.2 Å². The number of benzene rings is 1. The average molecular weight is 361 g/mol. The second-order valence-corrected chi connectivity index (χ2v) is 5.87. The zero-order valence-electron chi connectivity index (χ0n) is 13.3. The molecule has 0 aliphatic rings. The van der Waals surface area contributed by atoms with Crippen molar-refractivity contribution in [2.75, 3.05) is 20.8 Å². The van der Waals surface area contributed by atoms with Gasteiger partial charge < -0.3 is 14.2 Å². The van der Waals surface area contributed by atoms with Crippen molar-refractivity contribution in [2.45, 2.75) is 13.8 Å². The Labute approximate surface area is 145 Å². The molecule has 0 fully saturated rings. The number of carbonyl (C=O) groups excluding carboxylic acids is 2. The molecule has 23 heavy (non-hydrogen) atoms. The van der Waals surface area contributed by atoms with Gasteiger partial charge in [0.2, 0.25) is 0 Å². The third-order valence-electron chi connectivity index (χ3n) is 2.70. The van der Waals surface area contributed by atoms with Crippen LogP contribution in [0.4, 0.5) is 0 Å². The number of ether oxygens (including phenoxy) is 3. The van der Waals surface area contributed by atoms with Gasteiger partial charge in [-0.15, -0.1) is 0 Å². The van der Waals surface area contributed by atoms with Crippen LogP contribution in [0.3, 0.4) is 0 Å². The van der Waals surface area contributed by atoms with E-state index >= 15 is 0 Å². The number of halogens is 2. The molecule has 1 rings (SSSR count). The van der Waals surface area contributed by atoms with E-state index < -0.39 is 11.9 Å². The number of hydrogen-bond acceptors (Lipinski definition) is 5. The van der Waals surface area contributed by atoms with Crippen LogP contribution in [-0.2, 0) is 19.1 Å². The van der Waals surface area contributed by atoms with E-state index in [-0.39, 0.29) is 15.6 Å². The lowest BCUT2D eigenvalue weighted by atomic mass is 10.1. The molecule has 126 valence electrons. The fraction of sp³-hybridized carbons (Fsp3) is 0.375. The van der Waals surface area contributed by atoms with Gasteiger partial charge in [-0.25, -0.2) is 9.59 Å². The smallest absolute Gasteiger partial charge is 0.345 e. The van der Waals surface area contributed by atoms with Gasteiger partial charge in [-0.1, -0.05) is 37.0 Å². The summed E-state index contributed by atoms with van der Waals surface area (Å²) in [5, 5.41) is 0.553. The average Bonchev–Trinajstić information content (AvgIpc) is 2.50. The normalized spacial score (nSPS) is 10.2. The van der Waals surface area contributed by atoms with E-state index in [9.17, 15) is 9.59 Å². The fourth-order valence-corrected chi connectivity index (χ4v) is 2.25. The maximum atomic E-state index is 11.6. The standard InChI is InChI=1S/C16H18Cl2O5/c1-9(2)8-23-14-12(17)6-10(7-13(14)18)5-11(15(19)21-3)16(20)22-4/h5-7,9H,8H2,1-4H3. The van der Waals surface area contributed by atoms with Crippen LogP contribution in [0.25, 0.3) is 6.08 Å². The Balaban J connectivity index is 3.20. The summed E-state index contributed by atoms with van der Waals surface area (Å²) < 4.78 is 14.7. The molecular formula is C16H18Cl2O5. The van der Waals surface area contributed by atoms with Crippen LogP contribution < -0.4 is 4.74 Å². The first kappa shape index (κ1) is 19.3. The number of esters is 2. The zero-order chi connectivity index (χ0) is 17.6. The summed E-state index contributed by atoms with van der Waals surface area (Å²) in [6, 6.07) is 3.07. The van der Waals surface area contributed by atoms with Gasteiger partial charge in [-0.2, -0.15) is 0 Å². The van der Waals surface area contributed by atoms with Gasteiger partial charge in [0.15, 0.2) is 5.75 Å². The lowest BCUT2D eigenvalue weighted by Gasteiger charge is -2.12. The van der Waals surface area contributed by atoms with Crippen molar-refractivity contribution in [2.24, 2.45) is 5.92 Å². The quantitative estimate of drug-likeness (QED) is 0.334. The highest BCUT2D eigenvalue weighted by molar-refractivity contribution is 6.37. The molecule has 0 radical (unpaired) electrons. The largest absolute Gasteiger partial charge is 0.490 e. The summed E-state index contributed by atoms with van der Waals surface area (Å²) in [4.78, 5) is 23.3. The molecule has 0 saturated heterocycles. The molecule has 7 heteroatoms. The van der Waals surface area contributed by atoms with E-state index in [0.717, 1.165) is 0 Å². The first-order valence-electron chi connectivity index (χ1n) is 6.80. The molecule has 0 unspecified atom stereocenters. The SMILES string of the molecule is COC(=O)C(=Cc1cc(Cl)c(OCC(C)C)c(Cl)c1)C(=O)OC. The highest BCUT2D eigenvalue weighted by atomic mass is 35.5. The third kappa shape index (κ3) is 5.44. The highest BCUT2D eigenvalue weighted by Crippen LogP contribution is 2.35. The maximum absolute atomic E-state index is 11.6. The summed E-state index contributed by atoms with van der Waals surface area (Å²) in [6.07, 6.45) is 1.29. The monoisotopic (exact) mass is 360 g/mol. The summed E-state index contributed by atoms with van der Waals surface area (Å²) in [5.74, 6) is -0.961. The molecule has 0 heterocycles. The molecule has 0 aliphatic carbocycles. The summed E-state index contributed by atoms with van der Waals surface area (Å²) in [7, 11) is 2.34. The second-order valence-electron chi connectivity index (χ2n) is 5.06. The lowest BCUT2D eigenvalue weighted by Crippen LogP contribution is -2.15. The Hall–Kier alpha value is -1.72. The van der Waals surface area contributed by atoms with Crippen molar-refractivity contribution < 1.29 is 23.8 Å². The van der Waals surface area contributed by atoms with E-state index in [1.165, 1.54) is 32.4 Å². The summed E-state index contributed by atoms with van der Waals surface area (Å²) >= 11 is 12.3. The number of rotatable bonds is 6. The van der Waals surface area contributed by atoms with E-state index in [1.807, 2.05) is 13.8 Å². The summed E-state index contributed by atoms with van der Waals surface area (Å²) in [6.45, 7) is 4.46. The van der Waals surface area contributed by atoms with Crippen molar-refractivity contribution in [3.05, 3.63) is 33.3 Å². The van der Waals surface area contributed by atoms with Gasteiger partial charge >= 0.3 is 11.9 Å².